The molecular weight excluding hydrogens is 424 g/mol. The molecule has 1 amide bonds. The molecule has 0 spiro atoms. The lowest BCUT2D eigenvalue weighted by atomic mass is 10.1. The maximum absolute atomic E-state index is 12.6. The largest absolute Gasteiger partial charge is 0.495 e. The Morgan fingerprint density at radius 2 is 2.17 bits per heavy atom. The number of quaternary nitrogens is 1. The van der Waals surface area contributed by atoms with Gasteiger partial charge < -0.3 is 15.0 Å². The summed E-state index contributed by atoms with van der Waals surface area (Å²) >= 11 is 4.79. The normalized spacial score (nSPS) is 15.9. The van der Waals surface area contributed by atoms with E-state index in [1.165, 1.54) is 38.9 Å². The van der Waals surface area contributed by atoms with E-state index in [4.69, 9.17) is 14.7 Å². The molecule has 1 aliphatic heterocycles. The molecule has 0 saturated carbocycles. The van der Waals surface area contributed by atoms with Crippen LogP contribution in [-0.2, 0) is 17.8 Å². The van der Waals surface area contributed by atoms with E-state index in [2.05, 4.69) is 12.4 Å². The second-order valence-electron chi connectivity index (χ2n) is 6.87. The lowest BCUT2D eigenvalue weighted by Gasteiger charge is -2.19. The van der Waals surface area contributed by atoms with E-state index in [0.29, 0.717) is 11.4 Å². The number of rotatable bonds is 6. The van der Waals surface area contributed by atoms with Gasteiger partial charge in [-0.2, -0.15) is 0 Å². The van der Waals surface area contributed by atoms with Gasteiger partial charge in [-0.15, -0.1) is 11.3 Å². The summed E-state index contributed by atoms with van der Waals surface area (Å²) in [4.78, 5) is 26.0. The van der Waals surface area contributed by atoms with E-state index in [1.54, 1.807) is 18.4 Å². The molecular formula is C20H23N4O2S3+. The van der Waals surface area contributed by atoms with Crippen molar-refractivity contribution in [2.24, 2.45) is 0 Å². The summed E-state index contributed by atoms with van der Waals surface area (Å²) in [5.41, 5.74) is 2.05. The molecule has 0 fully saturated rings. The smallest absolute Gasteiger partial charge is 0.234 e. The molecule has 0 saturated heterocycles. The molecule has 0 aliphatic carbocycles. The van der Waals surface area contributed by atoms with Crippen LogP contribution in [0.2, 0.25) is 0 Å². The zero-order chi connectivity index (χ0) is 20.4. The van der Waals surface area contributed by atoms with Crippen LogP contribution in [0.3, 0.4) is 0 Å². The van der Waals surface area contributed by atoms with Crippen molar-refractivity contribution in [1.29, 1.82) is 0 Å². The van der Waals surface area contributed by atoms with Gasteiger partial charge in [0.05, 0.1) is 37.0 Å². The standard InChI is InChI=1S/C20H22N4O2S3/c1-24-9-8-12-15(10-24)29-19-17(12)18(22-20(23-19)27-3)28-11-16(25)21-13-6-4-5-7-14(13)26-2/h4-7H,8-11H2,1-3H3,(H,21,25)/p+1. The van der Waals surface area contributed by atoms with Crippen molar-refractivity contribution in [2.45, 2.75) is 23.1 Å². The van der Waals surface area contributed by atoms with Gasteiger partial charge in [-0.25, -0.2) is 9.97 Å². The first-order valence-corrected chi connectivity index (χ1v) is 12.3. The number of fused-ring (bicyclic) bond motifs is 3. The van der Waals surface area contributed by atoms with Gasteiger partial charge in [-0.3, -0.25) is 4.79 Å². The van der Waals surface area contributed by atoms with Crippen LogP contribution >= 0.6 is 34.9 Å². The van der Waals surface area contributed by atoms with Crippen LogP contribution in [0.5, 0.6) is 5.75 Å². The fraction of sp³-hybridized carbons (Fsp3) is 0.350. The first-order valence-electron chi connectivity index (χ1n) is 9.32. The number of thiophene rings is 1. The summed E-state index contributed by atoms with van der Waals surface area (Å²) < 4.78 is 5.31. The molecule has 9 heteroatoms. The Morgan fingerprint density at radius 1 is 1.34 bits per heavy atom. The van der Waals surface area contributed by atoms with Crippen molar-refractivity contribution in [2.75, 3.05) is 38.0 Å². The topological polar surface area (TPSA) is 68.5 Å². The summed E-state index contributed by atoms with van der Waals surface area (Å²) in [6.45, 7) is 2.14. The van der Waals surface area contributed by atoms with Crippen LogP contribution < -0.4 is 15.0 Å². The number of thioether (sulfide) groups is 2. The molecule has 1 aliphatic rings. The Balaban J connectivity index is 1.58. The monoisotopic (exact) mass is 447 g/mol. The number of para-hydroxylation sites is 2. The van der Waals surface area contributed by atoms with E-state index >= 15 is 0 Å². The predicted molar refractivity (Wildman–Crippen MR) is 121 cm³/mol. The predicted octanol–water partition coefficient (Wildman–Crippen LogP) is 2.72. The van der Waals surface area contributed by atoms with Crippen molar-refractivity contribution in [3.8, 4) is 5.75 Å². The SMILES string of the molecule is COc1ccccc1NC(=O)CSc1nc(SC)nc2sc3c(c12)CC[NH+](C)C3. The first kappa shape index (κ1) is 20.5. The van der Waals surface area contributed by atoms with E-state index in [1.807, 2.05) is 30.5 Å². The van der Waals surface area contributed by atoms with Gasteiger partial charge in [-0.05, 0) is 24.0 Å². The van der Waals surface area contributed by atoms with Gasteiger partial charge in [0.1, 0.15) is 22.2 Å². The lowest BCUT2D eigenvalue weighted by Crippen LogP contribution is -3.08. The van der Waals surface area contributed by atoms with E-state index < -0.39 is 0 Å². The minimum Gasteiger partial charge on any atom is -0.495 e. The minimum atomic E-state index is -0.0785. The third-order valence-electron chi connectivity index (χ3n) is 4.85. The maximum atomic E-state index is 12.6. The molecule has 152 valence electrons. The number of ether oxygens (including phenoxy) is 1. The van der Waals surface area contributed by atoms with Crippen LogP contribution in [0.15, 0.2) is 34.4 Å². The zero-order valence-electron chi connectivity index (χ0n) is 16.6. The highest BCUT2D eigenvalue weighted by Crippen LogP contribution is 2.38. The number of methoxy groups -OCH3 is 1. The average Bonchev–Trinajstić information content (AvgIpc) is 3.09. The van der Waals surface area contributed by atoms with Crippen LogP contribution in [0.4, 0.5) is 5.69 Å². The van der Waals surface area contributed by atoms with Gasteiger partial charge in [0, 0.05) is 11.8 Å². The number of hydrogen-bond acceptors (Lipinski definition) is 7. The summed E-state index contributed by atoms with van der Waals surface area (Å²) in [6, 6.07) is 7.42. The number of amides is 1. The Kier molecular flexibility index (Phi) is 6.29. The van der Waals surface area contributed by atoms with Gasteiger partial charge >= 0.3 is 0 Å². The average molecular weight is 448 g/mol. The third kappa shape index (κ3) is 4.37. The molecule has 2 aromatic heterocycles. The van der Waals surface area contributed by atoms with Crippen LogP contribution in [0, 0.1) is 0 Å². The second kappa shape index (κ2) is 8.91. The molecule has 0 bridgehead atoms. The fourth-order valence-electron chi connectivity index (χ4n) is 3.42. The quantitative estimate of drug-likeness (QED) is 0.344. The van der Waals surface area contributed by atoms with Gasteiger partial charge in [0.2, 0.25) is 5.91 Å². The number of nitrogens with zero attached hydrogens (tertiary/aromatic N) is 2. The minimum absolute atomic E-state index is 0.0785. The van der Waals surface area contributed by atoms with E-state index in [9.17, 15) is 4.79 Å². The van der Waals surface area contributed by atoms with Gasteiger partial charge in [0.15, 0.2) is 5.16 Å². The lowest BCUT2D eigenvalue weighted by molar-refractivity contribution is -0.895. The highest BCUT2D eigenvalue weighted by Gasteiger charge is 2.25. The van der Waals surface area contributed by atoms with Gasteiger partial charge in [0.25, 0.3) is 0 Å². The number of nitrogens with one attached hydrogen (secondary N) is 2. The number of benzene rings is 1. The maximum Gasteiger partial charge on any atom is 0.234 e. The molecule has 1 unspecified atom stereocenters. The fourth-order valence-corrected chi connectivity index (χ4v) is 6.16. The number of hydrogen-bond donors (Lipinski definition) is 2. The molecule has 4 rings (SSSR count). The van der Waals surface area contributed by atoms with E-state index in [-0.39, 0.29) is 11.7 Å². The van der Waals surface area contributed by atoms with Crippen molar-refractivity contribution in [3.05, 3.63) is 34.7 Å². The molecule has 1 aromatic carbocycles. The molecule has 3 heterocycles. The number of anilines is 1. The van der Waals surface area contributed by atoms with Crippen molar-refractivity contribution < 1.29 is 14.4 Å². The molecule has 3 aromatic rings. The van der Waals surface area contributed by atoms with E-state index in [0.717, 1.165) is 39.9 Å². The molecule has 2 N–H and O–H groups in total. The summed E-state index contributed by atoms with van der Waals surface area (Å²) in [5, 5.41) is 5.74. The number of carbonyl (C=O) groups is 1. The molecule has 29 heavy (non-hydrogen) atoms. The summed E-state index contributed by atoms with van der Waals surface area (Å²) in [5.74, 6) is 0.858. The molecule has 0 radical (unpaired) electrons. The Hall–Kier alpha value is -1.81. The summed E-state index contributed by atoms with van der Waals surface area (Å²) in [6.07, 6.45) is 3.01. The highest BCUT2D eigenvalue weighted by atomic mass is 32.2. The summed E-state index contributed by atoms with van der Waals surface area (Å²) in [7, 11) is 3.82. The van der Waals surface area contributed by atoms with Crippen molar-refractivity contribution >= 4 is 56.7 Å². The number of carbonyl (C=O) groups excluding carboxylic acids is 1. The van der Waals surface area contributed by atoms with Crippen LogP contribution in [0.25, 0.3) is 10.2 Å². The first-order chi connectivity index (χ1) is 14.1. The number of likely N-dealkylation sites (N-methyl/N-ethyl adjacent to an activating group) is 1. The van der Waals surface area contributed by atoms with Gasteiger partial charge in [-0.1, -0.05) is 35.7 Å². The highest BCUT2D eigenvalue weighted by molar-refractivity contribution is 8.00. The van der Waals surface area contributed by atoms with Crippen molar-refractivity contribution in [1.82, 2.24) is 9.97 Å². The Labute approximate surface area is 182 Å². The Morgan fingerprint density at radius 3 is 2.97 bits per heavy atom. The third-order valence-corrected chi connectivity index (χ3v) is 7.50. The molecule has 1 atom stereocenters. The van der Waals surface area contributed by atoms with Crippen LogP contribution in [-0.4, -0.2) is 48.6 Å². The van der Waals surface area contributed by atoms with Crippen molar-refractivity contribution in [3.63, 3.8) is 0 Å². The Bertz CT molecular complexity index is 1050. The molecule has 6 nitrogen and oxygen atoms in total. The number of aromatic nitrogens is 2. The zero-order valence-corrected chi connectivity index (χ0v) is 19.0. The van der Waals surface area contributed by atoms with Crippen LogP contribution in [0.1, 0.15) is 10.4 Å². The second-order valence-corrected chi connectivity index (χ2v) is 9.69.